The van der Waals surface area contributed by atoms with E-state index in [0.29, 0.717) is 11.7 Å². The van der Waals surface area contributed by atoms with Gasteiger partial charge in [-0.2, -0.15) is 4.98 Å². The number of hydrogen-bond donors (Lipinski definition) is 0. The smallest absolute Gasteiger partial charge is 0.296 e. The topological polar surface area (TPSA) is 65.2 Å². The maximum atomic E-state index is 12.0. The van der Waals surface area contributed by atoms with Crippen LogP contribution in [0.2, 0.25) is 0 Å². The van der Waals surface area contributed by atoms with Gasteiger partial charge in [-0.1, -0.05) is 5.16 Å². The number of ether oxygens (including phenoxy) is 1. The van der Waals surface area contributed by atoms with Gasteiger partial charge in [-0.25, -0.2) is 8.78 Å². The van der Waals surface area contributed by atoms with Gasteiger partial charge in [0.2, 0.25) is 17.5 Å². The fourth-order valence-corrected chi connectivity index (χ4v) is 1.59. The van der Waals surface area contributed by atoms with Gasteiger partial charge in [0.05, 0.1) is 6.42 Å². The molecule has 17 heavy (non-hydrogen) atoms. The summed E-state index contributed by atoms with van der Waals surface area (Å²) in [7, 11) is 1.53. The Morgan fingerprint density at radius 1 is 1.59 bits per heavy atom. The maximum absolute atomic E-state index is 12.0. The number of carbonyl (C=O) groups is 1. The van der Waals surface area contributed by atoms with Gasteiger partial charge in [0, 0.05) is 7.11 Å². The van der Waals surface area contributed by atoms with Crippen molar-refractivity contribution in [1.82, 2.24) is 10.1 Å². The van der Waals surface area contributed by atoms with Crippen LogP contribution in [0.15, 0.2) is 4.52 Å². The number of rotatable bonds is 6. The Kier molecular flexibility index (Phi) is 3.46. The number of ketones is 1. The minimum absolute atomic E-state index is 0.0898. The van der Waals surface area contributed by atoms with Gasteiger partial charge < -0.3 is 9.26 Å². The summed E-state index contributed by atoms with van der Waals surface area (Å²) in [5, 5.41) is 3.65. The number of methoxy groups -OCH3 is 1. The van der Waals surface area contributed by atoms with Crippen LogP contribution in [0.1, 0.15) is 30.7 Å². The molecule has 94 valence electrons. The molecule has 7 heteroatoms. The first-order chi connectivity index (χ1) is 8.11. The van der Waals surface area contributed by atoms with Crippen LogP contribution in [0.4, 0.5) is 8.78 Å². The Bertz CT molecular complexity index is 404. The van der Waals surface area contributed by atoms with Crippen molar-refractivity contribution < 1.29 is 22.8 Å². The third-order valence-electron chi connectivity index (χ3n) is 2.61. The summed E-state index contributed by atoms with van der Waals surface area (Å²) in [5.41, 5.74) is 0. The van der Waals surface area contributed by atoms with Crippen LogP contribution in [0.3, 0.4) is 0 Å². The van der Waals surface area contributed by atoms with Crippen molar-refractivity contribution in [3.05, 3.63) is 11.7 Å². The number of carbonyl (C=O) groups excluding carboxylic acids is 1. The van der Waals surface area contributed by atoms with E-state index in [-0.39, 0.29) is 12.0 Å². The molecule has 1 saturated carbocycles. The van der Waals surface area contributed by atoms with E-state index in [4.69, 9.17) is 9.26 Å². The SMILES string of the molecule is COC(c1noc(CC(=O)C(F)F)n1)C1CC1. The van der Waals surface area contributed by atoms with E-state index in [1.807, 2.05) is 0 Å². The van der Waals surface area contributed by atoms with Crippen LogP contribution in [0, 0.1) is 5.92 Å². The molecule has 5 nitrogen and oxygen atoms in total. The Morgan fingerprint density at radius 2 is 2.29 bits per heavy atom. The second-order valence-electron chi connectivity index (χ2n) is 3.98. The molecule has 0 radical (unpaired) electrons. The lowest BCUT2D eigenvalue weighted by atomic mass is 10.2. The lowest BCUT2D eigenvalue weighted by molar-refractivity contribution is -0.129. The van der Waals surface area contributed by atoms with Crippen molar-refractivity contribution in [2.75, 3.05) is 7.11 Å². The van der Waals surface area contributed by atoms with Gasteiger partial charge in [0.1, 0.15) is 6.10 Å². The van der Waals surface area contributed by atoms with E-state index in [0.717, 1.165) is 12.8 Å². The molecule has 1 aliphatic rings. The van der Waals surface area contributed by atoms with Gasteiger partial charge in [-0.15, -0.1) is 0 Å². The van der Waals surface area contributed by atoms with Crippen LogP contribution in [0.5, 0.6) is 0 Å². The Hall–Kier alpha value is -1.37. The zero-order chi connectivity index (χ0) is 12.4. The molecular weight excluding hydrogens is 234 g/mol. The highest BCUT2D eigenvalue weighted by Crippen LogP contribution is 2.41. The molecule has 1 unspecified atom stereocenters. The lowest BCUT2D eigenvalue weighted by Crippen LogP contribution is -2.13. The van der Waals surface area contributed by atoms with Gasteiger partial charge in [0.25, 0.3) is 6.43 Å². The minimum Gasteiger partial charge on any atom is -0.373 e. The second-order valence-corrected chi connectivity index (χ2v) is 3.98. The first kappa shape index (κ1) is 12.1. The van der Waals surface area contributed by atoms with Crippen LogP contribution in [0.25, 0.3) is 0 Å². The number of aromatic nitrogens is 2. The van der Waals surface area contributed by atoms with E-state index >= 15 is 0 Å². The predicted octanol–water partition coefficient (Wildman–Crippen LogP) is 1.54. The van der Waals surface area contributed by atoms with Crippen LogP contribution in [-0.4, -0.2) is 29.5 Å². The maximum Gasteiger partial charge on any atom is 0.296 e. The molecule has 1 aromatic heterocycles. The summed E-state index contributed by atoms with van der Waals surface area (Å²) in [6.07, 6.45) is -1.76. The quantitative estimate of drug-likeness (QED) is 0.761. The first-order valence-electron chi connectivity index (χ1n) is 5.28. The molecule has 1 heterocycles. The number of nitrogens with zero attached hydrogens (tertiary/aromatic N) is 2. The zero-order valence-corrected chi connectivity index (χ0v) is 9.23. The third kappa shape index (κ3) is 2.85. The molecule has 0 aliphatic heterocycles. The normalized spacial score (nSPS) is 17.4. The van der Waals surface area contributed by atoms with Crippen molar-refractivity contribution >= 4 is 5.78 Å². The molecule has 1 aromatic rings. The molecule has 1 fully saturated rings. The predicted molar refractivity (Wildman–Crippen MR) is 51.5 cm³/mol. The average molecular weight is 246 g/mol. The largest absolute Gasteiger partial charge is 0.373 e. The molecule has 2 rings (SSSR count). The monoisotopic (exact) mass is 246 g/mol. The van der Waals surface area contributed by atoms with Crippen molar-refractivity contribution in [3.8, 4) is 0 Å². The highest BCUT2D eigenvalue weighted by atomic mass is 19.3. The van der Waals surface area contributed by atoms with Gasteiger partial charge in [-0.3, -0.25) is 4.79 Å². The van der Waals surface area contributed by atoms with Gasteiger partial charge in [0.15, 0.2) is 0 Å². The number of halogens is 2. The Balaban J connectivity index is 2.02. The standard InChI is InChI=1S/C10H12F2N2O3/c1-16-8(5-2-3-5)10-13-7(17-14-10)4-6(15)9(11)12/h5,8-9H,2-4H2,1H3. The average Bonchev–Trinajstić information content (AvgIpc) is 3.01. The summed E-state index contributed by atoms with van der Waals surface area (Å²) in [6.45, 7) is 0. The molecule has 1 aliphatic carbocycles. The van der Waals surface area contributed by atoms with Crippen LogP contribution >= 0.6 is 0 Å². The molecule has 0 amide bonds. The highest BCUT2D eigenvalue weighted by Gasteiger charge is 2.35. The van der Waals surface area contributed by atoms with E-state index < -0.39 is 18.6 Å². The Morgan fingerprint density at radius 3 is 2.82 bits per heavy atom. The lowest BCUT2D eigenvalue weighted by Gasteiger charge is -2.08. The summed E-state index contributed by atoms with van der Waals surface area (Å²) in [6, 6.07) is 0. The number of Topliss-reactive ketones (excluding diaryl/α,β-unsaturated/α-hetero) is 1. The van der Waals surface area contributed by atoms with Gasteiger partial charge in [-0.05, 0) is 18.8 Å². The minimum atomic E-state index is -3.01. The van der Waals surface area contributed by atoms with Crippen molar-refractivity contribution in [2.45, 2.75) is 31.8 Å². The molecule has 0 bridgehead atoms. The molecular formula is C10H12F2N2O3. The highest BCUT2D eigenvalue weighted by molar-refractivity contribution is 5.82. The van der Waals surface area contributed by atoms with E-state index in [9.17, 15) is 13.6 Å². The summed E-state index contributed by atoms with van der Waals surface area (Å²) in [4.78, 5) is 14.7. The summed E-state index contributed by atoms with van der Waals surface area (Å²) in [5.74, 6) is -0.628. The van der Waals surface area contributed by atoms with Gasteiger partial charge >= 0.3 is 0 Å². The van der Waals surface area contributed by atoms with E-state index in [2.05, 4.69) is 10.1 Å². The summed E-state index contributed by atoms with van der Waals surface area (Å²) >= 11 is 0. The second kappa shape index (κ2) is 4.87. The number of hydrogen-bond acceptors (Lipinski definition) is 5. The van der Waals surface area contributed by atoms with Crippen molar-refractivity contribution in [3.63, 3.8) is 0 Å². The fraction of sp³-hybridized carbons (Fsp3) is 0.700. The number of alkyl halides is 2. The Labute approximate surface area is 96.1 Å². The van der Waals surface area contributed by atoms with Crippen molar-refractivity contribution in [2.24, 2.45) is 5.92 Å². The molecule has 0 aromatic carbocycles. The van der Waals surface area contributed by atoms with E-state index in [1.54, 1.807) is 0 Å². The van der Waals surface area contributed by atoms with E-state index in [1.165, 1.54) is 7.11 Å². The fourth-order valence-electron chi connectivity index (χ4n) is 1.59. The zero-order valence-electron chi connectivity index (χ0n) is 9.23. The molecule has 0 spiro atoms. The van der Waals surface area contributed by atoms with Crippen molar-refractivity contribution in [1.29, 1.82) is 0 Å². The van der Waals surface area contributed by atoms with Crippen LogP contribution < -0.4 is 0 Å². The molecule has 1 atom stereocenters. The first-order valence-corrected chi connectivity index (χ1v) is 5.28. The van der Waals surface area contributed by atoms with Crippen LogP contribution in [-0.2, 0) is 16.0 Å². The molecule has 0 saturated heterocycles. The molecule has 0 N–H and O–H groups in total. The third-order valence-corrected chi connectivity index (χ3v) is 2.61. The summed E-state index contributed by atoms with van der Waals surface area (Å²) < 4.78 is 34.0.